The van der Waals surface area contributed by atoms with Crippen LogP contribution in [0.25, 0.3) is 0 Å². The van der Waals surface area contributed by atoms with Gasteiger partial charge in [0.15, 0.2) is 0 Å². The number of rotatable bonds is 4. The van der Waals surface area contributed by atoms with Crippen molar-refractivity contribution in [3.8, 4) is 5.75 Å². The quantitative estimate of drug-likeness (QED) is 0.670. The number of methoxy groups -OCH3 is 1. The summed E-state index contributed by atoms with van der Waals surface area (Å²) in [6.07, 6.45) is 1.50. The van der Waals surface area contributed by atoms with Gasteiger partial charge in [0.1, 0.15) is 11.4 Å². The first kappa shape index (κ1) is 15.0. The number of nitrogens with zero attached hydrogens (tertiary/aromatic N) is 3. The van der Waals surface area contributed by atoms with Gasteiger partial charge in [-0.05, 0) is 22.0 Å². The standard InChI is InChI=1S/C12H11BrN4O4/c1-16-11(8(13)6-14-16)12(18)15-9-4-3-7(17(19)20)5-10(9)21-2/h3-6H,1-2H3,(H,15,18). The monoisotopic (exact) mass is 354 g/mol. The first-order chi connectivity index (χ1) is 9.93. The molecule has 0 aliphatic carbocycles. The lowest BCUT2D eigenvalue weighted by Crippen LogP contribution is -2.17. The minimum atomic E-state index is -0.536. The summed E-state index contributed by atoms with van der Waals surface area (Å²) < 4.78 is 7.02. The Kier molecular flexibility index (Phi) is 4.22. The second kappa shape index (κ2) is 5.92. The van der Waals surface area contributed by atoms with Gasteiger partial charge in [0.05, 0.1) is 34.5 Å². The predicted octanol–water partition coefficient (Wildman–Crippen LogP) is 2.35. The van der Waals surface area contributed by atoms with E-state index in [9.17, 15) is 14.9 Å². The van der Waals surface area contributed by atoms with E-state index in [0.29, 0.717) is 15.9 Å². The average Bonchev–Trinajstić information content (AvgIpc) is 2.78. The van der Waals surface area contributed by atoms with E-state index in [1.807, 2.05) is 0 Å². The van der Waals surface area contributed by atoms with Crippen LogP contribution in [0.5, 0.6) is 5.75 Å². The molecular weight excluding hydrogens is 344 g/mol. The Morgan fingerprint density at radius 2 is 2.24 bits per heavy atom. The minimum absolute atomic E-state index is 0.119. The van der Waals surface area contributed by atoms with Crippen molar-refractivity contribution in [3.63, 3.8) is 0 Å². The molecule has 1 heterocycles. The highest BCUT2D eigenvalue weighted by atomic mass is 79.9. The number of ether oxygens (including phenoxy) is 1. The van der Waals surface area contributed by atoms with Crippen LogP contribution in [-0.2, 0) is 7.05 Å². The summed E-state index contributed by atoms with van der Waals surface area (Å²) in [4.78, 5) is 22.4. The van der Waals surface area contributed by atoms with Crippen molar-refractivity contribution in [1.29, 1.82) is 0 Å². The van der Waals surface area contributed by atoms with Gasteiger partial charge >= 0.3 is 0 Å². The molecule has 1 aromatic heterocycles. The second-order valence-corrected chi connectivity index (χ2v) is 4.91. The van der Waals surface area contributed by atoms with E-state index in [4.69, 9.17) is 4.74 Å². The van der Waals surface area contributed by atoms with Gasteiger partial charge in [-0.2, -0.15) is 5.10 Å². The fourth-order valence-electron chi connectivity index (χ4n) is 1.74. The Balaban J connectivity index is 2.31. The molecule has 0 saturated carbocycles. The molecule has 0 bridgehead atoms. The molecule has 0 atom stereocenters. The number of aryl methyl sites for hydroxylation is 1. The molecule has 21 heavy (non-hydrogen) atoms. The molecule has 1 aromatic carbocycles. The molecule has 9 heteroatoms. The molecule has 0 radical (unpaired) electrons. The highest BCUT2D eigenvalue weighted by Crippen LogP contribution is 2.29. The van der Waals surface area contributed by atoms with Gasteiger partial charge in [-0.3, -0.25) is 19.6 Å². The van der Waals surface area contributed by atoms with Crippen LogP contribution in [0.15, 0.2) is 28.9 Å². The molecule has 8 nitrogen and oxygen atoms in total. The van der Waals surface area contributed by atoms with Crippen LogP contribution in [-0.4, -0.2) is 27.7 Å². The number of halogens is 1. The molecule has 0 aliphatic heterocycles. The third kappa shape index (κ3) is 3.02. The lowest BCUT2D eigenvalue weighted by molar-refractivity contribution is -0.384. The van der Waals surface area contributed by atoms with E-state index >= 15 is 0 Å². The zero-order valence-corrected chi connectivity index (χ0v) is 12.7. The number of amides is 1. The zero-order valence-electron chi connectivity index (χ0n) is 11.2. The van der Waals surface area contributed by atoms with E-state index in [1.54, 1.807) is 7.05 Å². The molecule has 0 aliphatic rings. The van der Waals surface area contributed by atoms with Crippen molar-refractivity contribution >= 4 is 33.2 Å². The van der Waals surface area contributed by atoms with E-state index in [0.717, 1.165) is 0 Å². The lowest BCUT2D eigenvalue weighted by Gasteiger charge is -2.10. The van der Waals surface area contributed by atoms with Crippen LogP contribution < -0.4 is 10.1 Å². The van der Waals surface area contributed by atoms with E-state index in [-0.39, 0.29) is 11.4 Å². The maximum atomic E-state index is 12.2. The summed E-state index contributed by atoms with van der Waals surface area (Å²) in [5.41, 5.74) is 0.545. The molecule has 0 fully saturated rings. The SMILES string of the molecule is COc1cc([N+](=O)[O-])ccc1NC(=O)c1c(Br)cnn1C. The molecule has 0 saturated heterocycles. The summed E-state index contributed by atoms with van der Waals surface area (Å²) >= 11 is 3.23. The fourth-order valence-corrected chi connectivity index (χ4v) is 2.27. The topological polar surface area (TPSA) is 99.3 Å². The minimum Gasteiger partial charge on any atom is -0.494 e. The molecule has 0 spiro atoms. The number of non-ortho nitro benzene ring substituents is 1. The summed E-state index contributed by atoms with van der Waals surface area (Å²) in [6, 6.07) is 3.95. The van der Waals surface area contributed by atoms with Crippen molar-refractivity contribution in [2.75, 3.05) is 12.4 Å². The van der Waals surface area contributed by atoms with Gasteiger partial charge in [0.2, 0.25) is 0 Å². The number of nitro benzene ring substituents is 1. The Labute approximate surface area is 128 Å². The maximum Gasteiger partial charge on any atom is 0.275 e. The Morgan fingerprint density at radius 1 is 1.52 bits per heavy atom. The van der Waals surface area contributed by atoms with Crippen molar-refractivity contribution in [1.82, 2.24) is 9.78 Å². The van der Waals surface area contributed by atoms with Crippen LogP contribution in [0.3, 0.4) is 0 Å². The molecule has 1 amide bonds. The van der Waals surface area contributed by atoms with Gasteiger partial charge in [0, 0.05) is 13.1 Å². The number of hydrogen-bond acceptors (Lipinski definition) is 5. The van der Waals surface area contributed by atoms with Crippen LogP contribution in [0.2, 0.25) is 0 Å². The Bertz CT molecular complexity index is 694. The fraction of sp³-hybridized carbons (Fsp3) is 0.167. The van der Waals surface area contributed by atoms with Crippen LogP contribution >= 0.6 is 15.9 Å². The Hall–Kier alpha value is -2.42. The van der Waals surface area contributed by atoms with Crippen molar-refractivity contribution in [2.45, 2.75) is 0 Å². The van der Waals surface area contributed by atoms with Crippen LogP contribution in [0, 0.1) is 10.1 Å². The highest BCUT2D eigenvalue weighted by Gasteiger charge is 2.18. The van der Waals surface area contributed by atoms with E-state index in [1.165, 1.54) is 36.2 Å². The first-order valence-corrected chi connectivity index (χ1v) is 6.54. The summed E-state index contributed by atoms with van der Waals surface area (Å²) in [6.45, 7) is 0. The summed E-state index contributed by atoms with van der Waals surface area (Å²) in [5, 5.41) is 17.3. The van der Waals surface area contributed by atoms with Crippen LogP contribution in [0.1, 0.15) is 10.5 Å². The third-order valence-corrected chi connectivity index (χ3v) is 3.33. The number of benzene rings is 1. The number of hydrogen-bond donors (Lipinski definition) is 1. The summed E-state index contributed by atoms with van der Waals surface area (Å²) in [7, 11) is 3.00. The van der Waals surface area contributed by atoms with Crippen molar-refractivity contribution < 1.29 is 14.5 Å². The van der Waals surface area contributed by atoms with Gasteiger partial charge in [-0.1, -0.05) is 0 Å². The molecule has 1 N–H and O–H groups in total. The second-order valence-electron chi connectivity index (χ2n) is 4.06. The normalized spacial score (nSPS) is 10.2. The lowest BCUT2D eigenvalue weighted by atomic mass is 10.2. The molecule has 0 unspecified atom stereocenters. The number of aromatic nitrogens is 2. The zero-order chi connectivity index (χ0) is 15.6. The number of anilines is 1. The average molecular weight is 355 g/mol. The number of nitro groups is 1. The molecule has 2 aromatic rings. The number of carbonyl (C=O) groups excluding carboxylic acids is 1. The van der Waals surface area contributed by atoms with Crippen LogP contribution in [0.4, 0.5) is 11.4 Å². The van der Waals surface area contributed by atoms with E-state index in [2.05, 4.69) is 26.3 Å². The largest absolute Gasteiger partial charge is 0.494 e. The molecule has 110 valence electrons. The van der Waals surface area contributed by atoms with Gasteiger partial charge in [0.25, 0.3) is 11.6 Å². The third-order valence-electron chi connectivity index (χ3n) is 2.75. The van der Waals surface area contributed by atoms with Gasteiger partial charge in [-0.15, -0.1) is 0 Å². The predicted molar refractivity (Wildman–Crippen MR) is 78.5 cm³/mol. The van der Waals surface area contributed by atoms with Crippen molar-refractivity contribution in [3.05, 3.63) is 44.7 Å². The van der Waals surface area contributed by atoms with Gasteiger partial charge < -0.3 is 10.1 Å². The van der Waals surface area contributed by atoms with Gasteiger partial charge in [-0.25, -0.2) is 0 Å². The van der Waals surface area contributed by atoms with E-state index < -0.39 is 10.8 Å². The smallest absolute Gasteiger partial charge is 0.275 e. The number of carbonyl (C=O) groups is 1. The molecular formula is C12H11BrN4O4. The number of nitrogens with one attached hydrogen (secondary N) is 1. The molecule has 2 rings (SSSR count). The summed E-state index contributed by atoms with van der Waals surface area (Å²) in [5.74, 6) is -0.204. The Morgan fingerprint density at radius 3 is 2.76 bits per heavy atom. The van der Waals surface area contributed by atoms with Crippen molar-refractivity contribution in [2.24, 2.45) is 7.05 Å². The highest BCUT2D eigenvalue weighted by molar-refractivity contribution is 9.10. The maximum absolute atomic E-state index is 12.2. The first-order valence-electron chi connectivity index (χ1n) is 5.75.